The van der Waals surface area contributed by atoms with Crippen LogP contribution in [0.4, 0.5) is 0 Å². The average molecular weight is 228 g/mol. The predicted molar refractivity (Wildman–Crippen MR) is 55.6 cm³/mol. The van der Waals surface area contributed by atoms with Crippen LogP contribution in [0.1, 0.15) is 5.69 Å². The van der Waals surface area contributed by atoms with Gasteiger partial charge >= 0.3 is 0 Å². The summed E-state index contributed by atoms with van der Waals surface area (Å²) in [5.41, 5.74) is 0.859. The fourth-order valence-electron chi connectivity index (χ4n) is 1.13. The number of hydrogen-bond donors (Lipinski definition) is 0. The molecule has 0 amide bonds. The van der Waals surface area contributed by atoms with Gasteiger partial charge in [0.2, 0.25) is 0 Å². The summed E-state index contributed by atoms with van der Waals surface area (Å²) in [5.74, 6) is 0. The third kappa shape index (κ3) is 2.25. The quantitative estimate of drug-likeness (QED) is 0.790. The van der Waals surface area contributed by atoms with E-state index in [4.69, 9.17) is 23.2 Å². The number of pyridine rings is 1. The summed E-state index contributed by atoms with van der Waals surface area (Å²) in [6.07, 6.45) is 5.00. The Morgan fingerprint density at radius 1 is 1.29 bits per heavy atom. The molecular formula is C9H7Cl2N3. The summed E-state index contributed by atoms with van der Waals surface area (Å²) in [6.45, 7) is 0.577. The van der Waals surface area contributed by atoms with E-state index in [0.717, 1.165) is 5.69 Å². The van der Waals surface area contributed by atoms with Gasteiger partial charge in [0.05, 0.1) is 23.5 Å². The van der Waals surface area contributed by atoms with Crippen LogP contribution in [0.2, 0.25) is 10.0 Å². The van der Waals surface area contributed by atoms with Gasteiger partial charge in [0.15, 0.2) is 0 Å². The minimum atomic E-state index is 0.577. The number of rotatable bonds is 2. The maximum Gasteiger partial charge on any atom is 0.0832 e. The summed E-state index contributed by atoms with van der Waals surface area (Å²) in [5, 5.41) is 5.33. The zero-order valence-corrected chi connectivity index (χ0v) is 8.70. The molecule has 0 fully saturated rings. The second-order valence-electron chi connectivity index (χ2n) is 2.82. The molecular weight excluding hydrogens is 221 g/mol. The van der Waals surface area contributed by atoms with Crippen molar-refractivity contribution in [2.24, 2.45) is 0 Å². The van der Waals surface area contributed by atoms with Gasteiger partial charge in [-0.25, -0.2) is 0 Å². The van der Waals surface area contributed by atoms with Crippen LogP contribution in [-0.4, -0.2) is 14.8 Å². The number of nitrogens with zero attached hydrogens (tertiary/aromatic N) is 3. The first-order valence-corrected chi connectivity index (χ1v) is 4.78. The summed E-state index contributed by atoms with van der Waals surface area (Å²) in [7, 11) is 0. The van der Waals surface area contributed by atoms with Crippen LogP contribution in [0.3, 0.4) is 0 Å². The third-order valence-electron chi connectivity index (χ3n) is 1.70. The van der Waals surface area contributed by atoms with Gasteiger partial charge in [-0.3, -0.25) is 9.67 Å². The summed E-state index contributed by atoms with van der Waals surface area (Å²) in [6, 6.07) is 3.54. The smallest absolute Gasteiger partial charge is 0.0832 e. The normalized spacial score (nSPS) is 10.4. The highest BCUT2D eigenvalue weighted by atomic mass is 35.5. The molecule has 0 aliphatic carbocycles. The average Bonchev–Trinajstić information content (AvgIpc) is 2.51. The molecule has 0 atom stereocenters. The Morgan fingerprint density at radius 2 is 2.14 bits per heavy atom. The Morgan fingerprint density at radius 3 is 2.79 bits per heavy atom. The highest BCUT2D eigenvalue weighted by Crippen LogP contribution is 2.10. The van der Waals surface area contributed by atoms with Crippen LogP contribution in [0, 0.1) is 0 Å². The molecule has 2 rings (SSSR count). The molecule has 0 aliphatic heterocycles. The van der Waals surface area contributed by atoms with Crippen molar-refractivity contribution in [2.45, 2.75) is 6.54 Å². The van der Waals surface area contributed by atoms with Crippen LogP contribution < -0.4 is 0 Å². The molecule has 0 aromatic carbocycles. The van der Waals surface area contributed by atoms with Gasteiger partial charge in [0.1, 0.15) is 0 Å². The number of halogens is 2. The standard InChI is InChI=1S/C9H7Cl2N3/c10-7-1-2-12-9(3-7)6-14-5-8(11)4-13-14/h1-5H,6H2. The first kappa shape index (κ1) is 9.49. The molecule has 14 heavy (non-hydrogen) atoms. The first-order chi connectivity index (χ1) is 6.74. The molecule has 5 heteroatoms. The molecule has 0 N–H and O–H groups in total. The Balaban J connectivity index is 2.18. The summed E-state index contributed by atoms with van der Waals surface area (Å²) >= 11 is 11.5. The van der Waals surface area contributed by atoms with Gasteiger partial charge in [-0.05, 0) is 12.1 Å². The molecule has 72 valence electrons. The van der Waals surface area contributed by atoms with E-state index in [1.165, 1.54) is 0 Å². The minimum Gasteiger partial charge on any atom is -0.265 e. The van der Waals surface area contributed by atoms with Crippen molar-refractivity contribution in [3.63, 3.8) is 0 Å². The number of aromatic nitrogens is 3. The monoisotopic (exact) mass is 227 g/mol. The zero-order chi connectivity index (χ0) is 9.97. The summed E-state index contributed by atoms with van der Waals surface area (Å²) in [4.78, 5) is 4.16. The van der Waals surface area contributed by atoms with Crippen LogP contribution in [0.25, 0.3) is 0 Å². The minimum absolute atomic E-state index is 0.577. The van der Waals surface area contributed by atoms with Gasteiger partial charge in [-0.2, -0.15) is 5.10 Å². The Hall–Kier alpha value is -1.06. The maximum absolute atomic E-state index is 5.82. The predicted octanol–water partition coefficient (Wildman–Crippen LogP) is 2.63. The van der Waals surface area contributed by atoms with E-state index in [9.17, 15) is 0 Å². The van der Waals surface area contributed by atoms with Gasteiger partial charge in [0.25, 0.3) is 0 Å². The molecule has 2 heterocycles. The maximum atomic E-state index is 5.82. The molecule has 0 aliphatic rings. The molecule has 0 spiro atoms. The lowest BCUT2D eigenvalue weighted by atomic mass is 10.3. The Kier molecular flexibility index (Phi) is 2.70. The summed E-state index contributed by atoms with van der Waals surface area (Å²) < 4.78 is 1.71. The van der Waals surface area contributed by atoms with Crippen molar-refractivity contribution in [1.29, 1.82) is 0 Å². The van der Waals surface area contributed by atoms with E-state index in [2.05, 4.69) is 10.1 Å². The Bertz CT molecular complexity index is 439. The molecule has 0 unspecified atom stereocenters. The molecule has 2 aromatic heterocycles. The van der Waals surface area contributed by atoms with E-state index < -0.39 is 0 Å². The molecule has 0 bridgehead atoms. The largest absolute Gasteiger partial charge is 0.265 e. The van der Waals surface area contributed by atoms with Crippen LogP contribution in [0.5, 0.6) is 0 Å². The van der Waals surface area contributed by atoms with Crippen molar-refractivity contribution < 1.29 is 0 Å². The fourth-order valence-corrected chi connectivity index (χ4v) is 1.46. The van der Waals surface area contributed by atoms with E-state index in [-0.39, 0.29) is 0 Å². The van der Waals surface area contributed by atoms with Crippen molar-refractivity contribution in [3.8, 4) is 0 Å². The topological polar surface area (TPSA) is 30.7 Å². The van der Waals surface area contributed by atoms with Crippen molar-refractivity contribution in [3.05, 3.63) is 46.5 Å². The molecule has 0 saturated carbocycles. The van der Waals surface area contributed by atoms with Crippen LogP contribution in [-0.2, 0) is 6.54 Å². The lowest BCUT2D eigenvalue weighted by Gasteiger charge is -2.00. The van der Waals surface area contributed by atoms with E-state index in [1.807, 2.05) is 0 Å². The second-order valence-corrected chi connectivity index (χ2v) is 3.69. The lowest BCUT2D eigenvalue weighted by Crippen LogP contribution is -2.01. The highest BCUT2D eigenvalue weighted by Gasteiger charge is 1.99. The van der Waals surface area contributed by atoms with Crippen molar-refractivity contribution in [2.75, 3.05) is 0 Å². The highest BCUT2D eigenvalue weighted by molar-refractivity contribution is 6.30. The molecule has 2 aromatic rings. The fraction of sp³-hybridized carbons (Fsp3) is 0.111. The van der Waals surface area contributed by atoms with E-state index in [1.54, 1.807) is 35.4 Å². The van der Waals surface area contributed by atoms with Gasteiger partial charge < -0.3 is 0 Å². The van der Waals surface area contributed by atoms with Gasteiger partial charge in [-0.1, -0.05) is 23.2 Å². The van der Waals surface area contributed by atoms with E-state index >= 15 is 0 Å². The zero-order valence-electron chi connectivity index (χ0n) is 7.19. The van der Waals surface area contributed by atoms with Crippen molar-refractivity contribution in [1.82, 2.24) is 14.8 Å². The van der Waals surface area contributed by atoms with E-state index in [0.29, 0.717) is 16.6 Å². The van der Waals surface area contributed by atoms with Gasteiger partial charge in [-0.15, -0.1) is 0 Å². The Labute approximate surface area is 91.3 Å². The third-order valence-corrected chi connectivity index (χ3v) is 2.13. The first-order valence-electron chi connectivity index (χ1n) is 4.02. The van der Waals surface area contributed by atoms with Crippen molar-refractivity contribution >= 4 is 23.2 Å². The number of hydrogen-bond acceptors (Lipinski definition) is 2. The molecule has 0 radical (unpaired) electrons. The molecule has 3 nitrogen and oxygen atoms in total. The molecule has 0 saturated heterocycles. The second kappa shape index (κ2) is 3.98. The SMILES string of the molecule is Clc1ccnc(Cn2cc(Cl)cn2)c1. The van der Waals surface area contributed by atoms with Crippen LogP contribution >= 0.6 is 23.2 Å². The lowest BCUT2D eigenvalue weighted by molar-refractivity contribution is 0.673. The van der Waals surface area contributed by atoms with Gasteiger partial charge in [0, 0.05) is 17.4 Å². The van der Waals surface area contributed by atoms with Crippen LogP contribution in [0.15, 0.2) is 30.7 Å².